The molecule has 2 N–H and O–H groups in total. The SMILES string of the molecule is CC(C)C(=O)c1ccc(CCCN)cc1. The van der Waals surface area contributed by atoms with E-state index in [1.807, 2.05) is 38.1 Å². The summed E-state index contributed by atoms with van der Waals surface area (Å²) in [7, 11) is 0. The summed E-state index contributed by atoms with van der Waals surface area (Å²) >= 11 is 0. The zero-order valence-electron chi connectivity index (χ0n) is 9.49. The number of carbonyl (C=O) groups excluding carboxylic acids is 1. The highest BCUT2D eigenvalue weighted by molar-refractivity contribution is 5.97. The van der Waals surface area contributed by atoms with Crippen LogP contribution in [0.5, 0.6) is 0 Å². The van der Waals surface area contributed by atoms with Crippen LogP contribution in [0.4, 0.5) is 0 Å². The second kappa shape index (κ2) is 5.66. The minimum absolute atomic E-state index is 0.0693. The van der Waals surface area contributed by atoms with Crippen molar-refractivity contribution in [2.24, 2.45) is 11.7 Å². The maximum absolute atomic E-state index is 11.6. The molecule has 0 unspecified atom stereocenters. The molecule has 82 valence electrons. The number of nitrogens with two attached hydrogens (primary N) is 1. The lowest BCUT2D eigenvalue weighted by atomic mass is 9.99. The molecule has 1 aromatic carbocycles. The molecule has 0 aliphatic carbocycles. The summed E-state index contributed by atoms with van der Waals surface area (Å²) in [4.78, 5) is 11.6. The van der Waals surface area contributed by atoms with Crippen molar-refractivity contribution in [3.63, 3.8) is 0 Å². The quantitative estimate of drug-likeness (QED) is 0.750. The summed E-state index contributed by atoms with van der Waals surface area (Å²) in [6, 6.07) is 7.86. The van der Waals surface area contributed by atoms with Gasteiger partial charge in [-0.3, -0.25) is 4.79 Å². The smallest absolute Gasteiger partial charge is 0.165 e. The Balaban J connectivity index is 2.68. The highest BCUT2D eigenvalue weighted by atomic mass is 16.1. The average Bonchev–Trinajstić information content (AvgIpc) is 2.26. The number of hydrogen-bond acceptors (Lipinski definition) is 2. The zero-order valence-corrected chi connectivity index (χ0v) is 9.49. The van der Waals surface area contributed by atoms with Crippen LogP contribution in [0.3, 0.4) is 0 Å². The van der Waals surface area contributed by atoms with Gasteiger partial charge in [-0.15, -0.1) is 0 Å². The lowest BCUT2D eigenvalue weighted by molar-refractivity contribution is 0.0939. The van der Waals surface area contributed by atoms with E-state index < -0.39 is 0 Å². The Hall–Kier alpha value is -1.15. The van der Waals surface area contributed by atoms with Crippen molar-refractivity contribution in [1.82, 2.24) is 0 Å². The van der Waals surface area contributed by atoms with E-state index in [-0.39, 0.29) is 11.7 Å². The Bertz CT molecular complexity index is 314. The zero-order chi connectivity index (χ0) is 11.3. The molecule has 2 heteroatoms. The summed E-state index contributed by atoms with van der Waals surface area (Å²) in [5, 5.41) is 0. The molecule has 1 rings (SSSR count). The molecule has 2 nitrogen and oxygen atoms in total. The minimum Gasteiger partial charge on any atom is -0.330 e. The first-order valence-electron chi connectivity index (χ1n) is 5.48. The Morgan fingerprint density at radius 2 is 1.87 bits per heavy atom. The number of carbonyl (C=O) groups is 1. The van der Waals surface area contributed by atoms with E-state index in [0.717, 1.165) is 18.4 Å². The lowest BCUT2D eigenvalue weighted by Gasteiger charge is -2.05. The van der Waals surface area contributed by atoms with Gasteiger partial charge in [0.1, 0.15) is 0 Å². The van der Waals surface area contributed by atoms with Crippen LogP contribution in [-0.2, 0) is 6.42 Å². The van der Waals surface area contributed by atoms with Crippen LogP contribution in [-0.4, -0.2) is 12.3 Å². The Labute approximate surface area is 91.5 Å². The Morgan fingerprint density at radius 1 is 1.27 bits per heavy atom. The van der Waals surface area contributed by atoms with Crippen LogP contribution in [0, 0.1) is 5.92 Å². The van der Waals surface area contributed by atoms with Crippen molar-refractivity contribution in [3.05, 3.63) is 35.4 Å². The van der Waals surface area contributed by atoms with Gasteiger partial charge in [0, 0.05) is 11.5 Å². The lowest BCUT2D eigenvalue weighted by Crippen LogP contribution is -2.07. The van der Waals surface area contributed by atoms with Crippen LogP contribution in [0.15, 0.2) is 24.3 Å². The number of Topliss-reactive ketones (excluding diaryl/α,β-unsaturated/α-hetero) is 1. The van der Waals surface area contributed by atoms with Gasteiger partial charge in [0.15, 0.2) is 5.78 Å². The average molecular weight is 205 g/mol. The number of ketones is 1. The normalized spacial score (nSPS) is 10.7. The molecule has 0 fully saturated rings. The first kappa shape index (κ1) is 11.9. The second-order valence-corrected chi connectivity index (χ2v) is 4.11. The van der Waals surface area contributed by atoms with Crippen molar-refractivity contribution in [1.29, 1.82) is 0 Å². The van der Waals surface area contributed by atoms with Gasteiger partial charge in [0.2, 0.25) is 0 Å². The molecule has 0 aromatic heterocycles. The van der Waals surface area contributed by atoms with Gasteiger partial charge >= 0.3 is 0 Å². The fourth-order valence-corrected chi connectivity index (χ4v) is 1.48. The maximum Gasteiger partial charge on any atom is 0.165 e. The van der Waals surface area contributed by atoms with Gasteiger partial charge in [-0.25, -0.2) is 0 Å². The molecule has 0 aliphatic heterocycles. The van der Waals surface area contributed by atoms with Crippen molar-refractivity contribution >= 4 is 5.78 Å². The molecular formula is C13H19NO. The molecule has 0 bridgehead atoms. The van der Waals surface area contributed by atoms with Gasteiger partial charge in [0.25, 0.3) is 0 Å². The molecular weight excluding hydrogens is 186 g/mol. The van der Waals surface area contributed by atoms with Gasteiger partial charge in [-0.1, -0.05) is 38.1 Å². The highest BCUT2D eigenvalue weighted by Gasteiger charge is 2.09. The third-order valence-electron chi connectivity index (χ3n) is 2.43. The Kier molecular flexibility index (Phi) is 4.50. The van der Waals surface area contributed by atoms with Crippen LogP contribution in [0.2, 0.25) is 0 Å². The maximum atomic E-state index is 11.6. The highest BCUT2D eigenvalue weighted by Crippen LogP contribution is 2.11. The molecule has 0 saturated heterocycles. The predicted molar refractivity (Wildman–Crippen MR) is 63.0 cm³/mol. The van der Waals surface area contributed by atoms with E-state index in [2.05, 4.69) is 0 Å². The van der Waals surface area contributed by atoms with E-state index in [1.54, 1.807) is 0 Å². The first-order valence-corrected chi connectivity index (χ1v) is 5.48. The number of benzene rings is 1. The van der Waals surface area contributed by atoms with Crippen molar-refractivity contribution in [2.45, 2.75) is 26.7 Å². The first-order chi connectivity index (χ1) is 7.15. The van der Waals surface area contributed by atoms with Crippen LogP contribution >= 0.6 is 0 Å². The van der Waals surface area contributed by atoms with E-state index in [1.165, 1.54) is 5.56 Å². The van der Waals surface area contributed by atoms with Crippen LogP contribution < -0.4 is 5.73 Å². The fraction of sp³-hybridized carbons (Fsp3) is 0.462. The summed E-state index contributed by atoms with van der Waals surface area (Å²) in [5.74, 6) is 0.278. The molecule has 1 aromatic rings. The Morgan fingerprint density at radius 3 is 2.33 bits per heavy atom. The minimum atomic E-state index is 0.0693. The predicted octanol–water partition coefficient (Wildman–Crippen LogP) is 2.42. The molecule has 0 atom stereocenters. The van der Waals surface area contributed by atoms with Crippen LogP contribution in [0.1, 0.15) is 36.2 Å². The summed E-state index contributed by atoms with van der Waals surface area (Å²) < 4.78 is 0. The number of aryl methyl sites for hydroxylation is 1. The van der Waals surface area contributed by atoms with Crippen LogP contribution in [0.25, 0.3) is 0 Å². The van der Waals surface area contributed by atoms with Gasteiger partial charge in [-0.05, 0) is 24.9 Å². The van der Waals surface area contributed by atoms with E-state index in [4.69, 9.17) is 5.73 Å². The molecule has 15 heavy (non-hydrogen) atoms. The van der Waals surface area contributed by atoms with E-state index in [0.29, 0.717) is 6.54 Å². The van der Waals surface area contributed by atoms with Crippen molar-refractivity contribution < 1.29 is 4.79 Å². The van der Waals surface area contributed by atoms with Crippen molar-refractivity contribution in [2.75, 3.05) is 6.54 Å². The number of hydrogen-bond donors (Lipinski definition) is 1. The third kappa shape index (κ3) is 3.48. The fourth-order valence-electron chi connectivity index (χ4n) is 1.48. The topological polar surface area (TPSA) is 43.1 Å². The molecule has 0 heterocycles. The second-order valence-electron chi connectivity index (χ2n) is 4.11. The van der Waals surface area contributed by atoms with E-state index in [9.17, 15) is 4.79 Å². The third-order valence-corrected chi connectivity index (χ3v) is 2.43. The molecule has 0 spiro atoms. The molecule has 0 aliphatic rings. The summed E-state index contributed by atoms with van der Waals surface area (Å²) in [6.07, 6.45) is 1.99. The molecule has 0 saturated carbocycles. The van der Waals surface area contributed by atoms with Crippen molar-refractivity contribution in [3.8, 4) is 0 Å². The number of rotatable bonds is 5. The van der Waals surface area contributed by atoms with E-state index >= 15 is 0 Å². The molecule has 0 amide bonds. The van der Waals surface area contributed by atoms with Gasteiger partial charge in [-0.2, -0.15) is 0 Å². The standard InChI is InChI=1S/C13H19NO/c1-10(2)13(15)12-7-5-11(6-8-12)4-3-9-14/h5-8,10H,3-4,9,14H2,1-2H3. The molecule has 0 radical (unpaired) electrons. The largest absolute Gasteiger partial charge is 0.330 e. The monoisotopic (exact) mass is 205 g/mol. The van der Waals surface area contributed by atoms with Gasteiger partial charge < -0.3 is 5.73 Å². The summed E-state index contributed by atoms with van der Waals surface area (Å²) in [5.41, 5.74) is 7.50. The van der Waals surface area contributed by atoms with Gasteiger partial charge in [0.05, 0.1) is 0 Å². The summed E-state index contributed by atoms with van der Waals surface area (Å²) in [6.45, 7) is 4.56.